The van der Waals surface area contributed by atoms with Crippen LogP contribution in [0.3, 0.4) is 0 Å². The Morgan fingerprint density at radius 3 is 2.56 bits per heavy atom. The van der Waals surface area contributed by atoms with Crippen molar-refractivity contribution >= 4 is 23.5 Å². The summed E-state index contributed by atoms with van der Waals surface area (Å²) in [4.78, 5) is 2.69. The Balaban J connectivity index is 2.00. The summed E-state index contributed by atoms with van der Waals surface area (Å²) in [5.74, 6) is 0.401. The molecule has 18 heavy (non-hydrogen) atoms. The summed E-state index contributed by atoms with van der Waals surface area (Å²) in [5, 5.41) is 2.20. The second-order valence-electron chi connectivity index (χ2n) is 4.24. The maximum absolute atomic E-state index is 2.29. The first kappa shape index (κ1) is 11.9. The molecule has 2 aromatic carbocycles. The normalized spacial score (nSPS) is 17.5. The van der Waals surface area contributed by atoms with Crippen molar-refractivity contribution in [2.24, 2.45) is 0 Å². The molecule has 0 saturated heterocycles. The van der Waals surface area contributed by atoms with Crippen LogP contribution in [0.25, 0.3) is 0 Å². The van der Waals surface area contributed by atoms with Gasteiger partial charge in [0.25, 0.3) is 0 Å². The van der Waals surface area contributed by atoms with Crippen LogP contribution < -0.4 is 0 Å². The van der Waals surface area contributed by atoms with Gasteiger partial charge in [-0.2, -0.15) is 0 Å². The smallest absolute Gasteiger partial charge is 0.0288 e. The molecule has 0 spiro atoms. The molecule has 1 aliphatic rings. The van der Waals surface area contributed by atoms with Crippen molar-refractivity contribution in [2.75, 3.05) is 6.26 Å². The molecule has 2 heteroatoms. The van der Waals surface area contributed by atoms with Crippen LogP contribution in [0.1, 0.15) is 17.0 Å². The molecule has 0 bridgehead atoms. The molecule has 0 aromatic heterocycles. The lowest BCUT2D eigenvalue weighted by atomic mass is 9.91. The van der Waals surface area contributed by atoms with Crippen LogP contribution in [0.2, 0.25) is 0 Å². The molecule has 1 atom stereocenters. The highest BCUT2D eigenvalue weighted by Gasteiger charge is 2.17. The minimum Gasteiger partial charge on any atom is -0.130 e. The molecular formula is C16H14S2. The highest BCUT2D eigenvalue weighted by atomic mass is 32.2. The molecule has 0 fully saturated rings. The third-order valence-electron chi connectivity index (χ3n) is 3.20. The zero-order chi connectivity index (χ0) is 12.4. The van der Waals surface area contributed by atoms with E-state index in [-0.39, 0.29) is 0 Å². The summed E-state index contributed by atoms with van der Waals surface area (Å²) in [6, 6.07) is 17.6. The summed E-state index contributed by atoms with van der Waals surface area (Å²) >= 11 is 3.60. The van der Waals surface area contributed by atoms with E-state index in [0.29, 0.717) is 5.92 Å². The van der Waals surface area contributed by atoms with Crippen molar-refractivity contribution in [3.05, 3.63) is 71.1 Å². The molecule has 0 saturated carbocycles. The van der Waals surface area contributed by atoms with Gasteiger partial charge in [-0.1, -0.05) is 48.2 Å². The van der Waals surface area contributed by atoms with Crippen molar-refractivity contribution < 1.29 is 0 Å². The van der Waals surface area contributed by atoms with E-state index in [1.54, 1.807) is 11.8 Å². The number of rotatable bonds is 2. The van der Waals surface area contributed by atoms with Gasteiger partial charge >= 0.3 is 0 Å². The molecule has 0 amide bonds. The third kappa shape index (κ3) is 2.23. The summed E-state index contributed by atoms with van der Waals surface area (Å²) in [5.41, 5.74) is 2.79. The fourth-order valence-electron chi connectivity index (χ4n) is 2.24. The number of fused-ring (bicyclic) bond motifs is 1. The molecule has 1 unspecified atom stereocenters. The van der Waals surface area contributed by atoms with Crippen LogP contribution in [0.15, 0.2) is 69.8 Å². The van der Waals surface area contributed by atoms with Gasteiger partial charge in [0.15, 0.2) is 0 Å². The van der Waals surface area contributed by atoms with E-state index in [9.17, 15) is 0 Å². The number of benzene rings is 2. The van der Waals surface area contributed by atoms with Crippen molar-refractivity contribution in [3.63, 3.8) is 0 Å². The van der Waals surface area contributed by atoms with E-state index in [1.807, 2.05) is 11.8 Å². The Kier molecular flexibility index (Phi) is 3.48. The minimum absolute atomic E-state index is 0.401. The monoisotopic (exact) mass is 270 g/mol. The number of allylic oxidation sites excluding steroid dienone is 1. The van der Waals surface area contributed by atoms with Crippen molar-refractivity contribution in [2.45, 2.75) is 15.7 Å². The maximum Gasteiger partial charge on any atom is 0.0288 e. The van der Waals surface area contributed by atoms with Crippen molar-refractivity contribution in [1.29, 1.82) is 0 Å². The Morgan fingerprint density at radius 2 is 1.78 bits per heavy atom. The van der Waals surface area contributed by atoms with Gasteiger partial charge < -0.3 is 0 Å². The lowest BCUT2D eigenvalue weighted by Gasteiger charge is -2.20. The van der Waals surface area contributed by atoms with E-state index >= 15 is 0 Å². The number of thioether (sulfide) groups is 2. The zero-order valence-electron chi connectivity index (χ0n) is 10.2. The van der Waals surface area contributed by atoms with Crippen molar-refractivity contribution in [3.8, 4) is 0 Å². The number of hydrogen-bond donors (Lipinski definition) is 0. The van der Waals surface area contributed by atoms with Crippen LogP contribution in [0.4, 0.5) is 0 Å². The largest absolute Gasteiger partial charge is 0.130 e. The fourth-order valence-corrected chi connectivity index (χ4v) is 3.52. The van der Waals surface area contributed by atoms with E-state index in [0.717, 1.165) is 0 Å². The Hall–Kier alpha value is -1.12. The van der Waals surface area contributed by atoms with Crippen molar-refractivity contribution in [1.82, 2.24) is 0 Å². The van der Waals surface area contributed by atoms with E-state index in [1.165, 1.54) is 20.9 Å². The summed E-state index contributed by atoms with van der Waals surface area (Å²) in [7, 11) is 0. The topological polar surface area (TPSA) is 0 Å². The van der Waals surface area contributed by atoms with Crippen LogP contribution in [0, 0.1) is 0 Å². The van der Waals surface area contributed by atoms with Gasteiger partial charge in [-0.15, -0.1) is 11.8 Å². The Labute approximate surface area is 116 Å². The van der Waals surface area contributed by atoms with E-state index in [2.05, 4.69) is 66.3 Å². The van der Waals surface area contributed by atoms with Gasteiger partial charge in [-0.05, 0) is 41.0 Å². The third-order valence-corrected chi connectivity index (χ3v) is 4.86. The first-order valence-corrected chi connectivity index (χ1v) is 8.05. The Bertz CT molecular complexity index is 570. The van der Waals surface area contributed by atoms with Gasteiger partial charge in [0.2, 0.25) is 0 Å². The summed E-state index contributed by atoms with van der Waals surface area (Å²) < 4.78 is 0. The second-order valence-corrected chi connectivity index (χ2v) is 6.06. The lowest BCUT2D eigenvalue weighted by Crippen LogP contribution is -2.01. The molecule has 0 radical (unpaired) electrons. The molecule has 2 aromatic rings. The predicted octanol–water partition coefficient (Wildman–Crippen LogP) is 5.16. The Morgan fingerprint density at radius 1 is 1.00 bits per heavy atom. The van der Waals surface area contributed by atoms with Crippen LogP contribution in [-0.2, 0) is 0 Å². The molecular weight excluding hydrogens is 256 g/mol. The lowest BCUT2D eigenvalue weighted by molar-refractivity contribution is 0.979. The SMILES string of the molecule is CSc1ccc(C2C=CSc3ccccc32)cc1. The molecule has 0 nitrogen and oxygen atoms in total. The highest BCUT2D eigenvalue weighted by molar-refractivity contribution is 8.02. The van der Waals surface area contributed by atoms with Gasteiger partial charge in [-0.3, -0.25) is 0 Å². The first-order valence-electron chi connectivity index (χ1n) is 5.94. The van der Waals surface area contributed by atoms with Crippen LogP contribution in [-0.4, -0.2) is 6.26 Å². The van der Waals surface area contributed by atoms with Gasteiger partial charge in [0.1, 0.15) is 0 Å². The average molecular weight is 270 g/mol. The highest BCUT2D eigenvalue weighted by Crippen LogP contribution is 2.39. The molecule has 90 valence electrons. The van der Waals surface area contributed by atoms with E-state index < -0.39 is 0 Å². The predicted molar refractivity (Wildman–Crippen MR) is 81.5 cm³/mol. The van der Waals surface area contributed by atoms with Crippen LogP contribution >= 0.6 is 23.5 Å². The quantitative estimate of drug-likeness (QED) is 0.691. The van der Waals surface area contributed by atoms with E-state index in [4.69, 9.17) is 0 Å². The minimum atomic E-state index is 0.401. The van der Waals surface area contributed by atoms with Crippen LogP contribution in [0.5, 0.6) is 0 Å². The zero-order valence-corrected chi connectivity index (χ0v) is 11.8. The summed E-state index contributed by atoms with van der Waals surface area (Å²) in [6.45, 7) is 0. The van der Waals surface area contributed by atoms with Gasteiger partial charge in [0.05, 0.1) is 0 Å². The van der Waals surface area contributed by atoms with Gasteiger partial charge in [0, 0.05) is 15.7 Å². The molecule has 0 aliphatic carbocycles. The summed E-state index contributed by atoms with van der Waals surface area (Å²) in [6.07, 6.45) is 4.41. The first-order chi connectivity index (χ1) is 8.88. The fraction of sp³-hybridized carbons (Fsp3) is 0.125. The maximum atomic E-state index is 2.29. The standard InChI is InChI=1S/C16H14S2/c1-17-13-8-6-12(7-9-13)14-10-11-18-16-5-3-2-4-15(14)16/h2-11,14H,1H3. The molecule has 1 heterocycles. The number of hydrogen-bond acceptors (Lipinski definition) is 2. The molecule has 3 rings (SSSR count). The van der Waals surface area contributed by atoms with Gasteiger partial charge in [-0.25, -0.2) is 0 Å². The second kappa shape index (κ2) is 5.25. The molecule has 0 N–H and O–H groups in total. The molecule has 1 aliphatic heterocycles. The average Bonchev–Trinajstić information content (AvgIpc) is 2.47.